The lowest BCUT2D eigenvalue weighted by molar-refractivity contribution is 0.0567. The lowest BCUT2D eigenvalue weighted by atomic mass is 9.67. The van der Waals surface area contributed by atoms with Crippen LogP contribution in [0.25, 0.3) is 0 Å². The van der Waals surface area contributed by atoms with Crippen molar-refractivity contribution in [3.05, 3.63) is 94.5 Å². The molecule has 3 atom stereocenters. The van der Waals surface area contributed by atoms with Crippen molar-refractivity contribution in [2.45, 2.75) is 32.6 Å². The van der Waals surface area contributed by atoms with Crippen LogP contribution in [0.1, 0.15) is 56.2 Å². The van der Waals surface area contributed by atoms with Crippen LogP contribution in [0.15, 0.2) is 66.7 Å². The molecule has 0 amide bonds. The standard InChI is InChI=1S/C33H40N2O4/c1-22-10-7-15-28(23(22)2)31-29(32(38)24-11-8-13-26(36)18-24)20-35(17-6-5-16-34(3)4)21-30(31)33(39)25-12-9-14-27(37)19-25/h7-15,18-19,29-31,36-37H,5-6,16-17,20-21H2,1-4H3/t29-,30+,31?. The Morgan fingerprint density at radius 3 is 1.87 bits per heavy atom. The van der Waals surface area contributed by atoms with Gasteiger partial charge in [-0.3, -0.25) is 9.59 Å². The first kappa shape index (κ1) is 28.5. The molecule has 1 aliphatic heterocycles. The molecule has 1 unspecified atom stereocenters. The molecule has 3 aromatic rings. The zero-order valence-electron chi connectivity index (χ0n) is 23.4. The average molecular weight is 529 g/mol. The zero-order valence-corrected chi connectivity index (χ0v) is 23.4. The zero-order chi connectivity index (χ0) is 28.1. The van der Waals surface area contributed by atoms with E-state index in [9.17, 15) is 19.8 Å². The summed E-state index contributed by atoms with van der Waals surface area (Å²) in [4.78, 5) is 32.7. The molecule has 0 saturated carbocycles. The van der Waals surface area contributed by atoms with Crippen LogP contribution >= 0.6 is 0 Å². The Morgan fingerprint density at radius 2 is 1.36 bits per heavy atom. The van der Waals surface area contributed by atoms with Gasteiger partial charge in [-0.25, -0.2) is 0 Å². The molecule has 3 aromatic carbocycles. The topological polar surface area (TPSA) is 81.1 Å². The summed E-state index contributed by atoms with van der Waals surface area (Å²) in [5, 5.41) is 20.3. The average Bonchev–Trinajstić information content (AvgIpc) is 2.91. The van der Waals surface area contributed by atoms with Gasteiger partial charge in [0.25, 0.3) is 0 Å². The van der Waals surface area contributed by atoms with Gasteiger partial charge in [-0.1, -0.05) is 42.5 Å². The number of aromatic hydroxyl groups is 2. The molecule has 6 nitrogen and oxygen atoms in total. The van der Waals surface area contributed by atoms with Gasteiger partial charge in [0.1, 0.15) is 11.5 Å². The molecule has 0 aliphatic carbocycles. The van der Waals surface area contributed by atoms with Crippen LogP contribution in [0.3, 0.4) is 0 Å². The number of phenols is 2. The van der Waals surface area contributed by atoms with E-state index in [-0.39, 0.29) is 29.0 Å². The highest BCUT2D eigenvalue weighted by Gasteiger charge is 2.45. The number of benzene rings is 3. The molecule has 1 fully saturated rings. The minimum absolute atomic E-state index is 0.0490. The first-order valence-electron chi connectivity index (χ1n) is 13.8. The molecule has 1 saturated heterocycles. The van der Waals surface area contributed by atoms with E-state index in [1.807, 2.05) is 12.1 Å². The van der Waals surface area contributed by atoms with Crippen molar-refractivity contribution in [2.24, 2.45) is 11.8 Å². The number of phenolic OH excluding ortho intramolecular Hbond substituents is 2. The molecule has 0 radical (unpaired) electrons. The quantitative estimate of drug-likeness (QED) is 0.269. The highest BCUT2D eigenvalue weighted by molar-refractivity contribution is 6.02. The van der Waals surface area contributed by atoms with Crippen LogP contribution < -0.4 is 0 Å². The van der Waals surface area contributed by atoms with E-state index in [1.54, 1.807) is 36.4 Å². The molecular weight excluding hydrogens is 488 g/mol. The second-order valence-electron chi connectivity index (χ2n) is 11.1. The molecule has 1 aliphatic rings. The molecule has 1 heterocycles. The van der Waals surface area contributed by atoms with E-state index in [0.29, 0.717) is 24.2 Å². The number of piperidine rings is 1. The number of rotatable bonds is 10. The molecule has 0 aromatic heterocycles. The lowest BCUT2D eigenvalue weighted by Crippen LogP contribution is -2.50. The first-order chi connectivity index (χ1) is 18.7. The Labute approximate surface area is 231 Å². The van der Waals surface area contributed by atoms with Crippen molar-refractivity contribution in [3.63, 3.8) is 0 Å². The summed E-state index contributed by atoms with van der Waals surface area (Å²) >= 11 is 0. The van der Waals surface area contributed by atoms with Crippen LogP contribution in [0.4, 0.5) is 0 Å². The third-order valence-corrected chi connectivity index (χ3v) is 8.05. The van der Waals surface area contributed by atoms with Gasteiger partial charge in [-0.15, -0.1) is 0 Å². The fourth-order valence-corrected chi connectivity index (χ4v) is 5.89. The third kappa shape index (κ3) is 6.75. The van der Waals surface area contributed by atoms with Crippen molar-refractivity contribution in [1.29, 1.82) is 0 Å². The lowest BCUT2D eigenvalue weighted by Gasteiger charge is -2.44. The Kier molecular flexibility index (Phi) is 9.20. The van der Waals surface area contributed by atoms with Crippen molar-refractivity contribution in [3.8, 4) is 11.5 Å². The van der Waals surface area contributed by atoms with Gasteiger partial charge < -0.3 is 20.0 Å². The number of hydrogen-bond acceptors (Lipinski definition) is 6. The highest BCUT2D eigenvalue weighted by Crippen LogP contribution is 2.43. The van der Waals surface area contributed by atoms with Gasteiger partial charge in [0.15, 0.2) is 11.6 Å². The molecule has 4 rings (SSSR count). The number of hydrogen-bond donors (Lipinski definition) is 2. The second kappa shape index (κ2) is 12.6. The SMILES string of the molecule is Cc1cccc(C2[C@@H](C(=O)c3cccc(O)c3)CN(CCCCN(C)C)C[C@H]2C(=O)c2cccc(O)c2)c1C. The van der Waals surface area contributed by atoms with E-state index >= 15 is 0 Å². The van der Waals surface area contributed by atoms with Gasteiger partial charge in [0.05, 0.1) is 0 Å². The number of carbonyl (C=O) groups excluding carboxylic acids is 2. The number of Topliss-reactive ketones (excluding diaryl/α,β-unsaturated/α-hetero) is 2. The largest absolute Gasteiger partial charge is 0.508 e. The van der Waals surface area contributed by atoms with E-state index in [2.05, 4.69) is 43.8 Å². The maximum absolute atomic E-state index is 14.2. The van der Waals surface area contributed by atoms with Crippen molar-refractivity contribution < 1.29 is 19.8 Å². The molecule has 2 N–H and O–H groups in total. The summed E-state index contributed by atoms with van der Waals surface area (Å²) < 4.78 is 0. The fourth-order valence-electron chi connectivity index (χ4n) is 5.89. The number of carbonyl (C=O) groups is 2. The predicted molar refractivity (Wildman–Crippen MR) is 155 cm³/mol. The predicted octanol–water partition coefficient (Wildman–Crippen LogP) is 5.45. The summed E-state index contributed by atoms with van der Waals surface area (Å²) in [5.74, 6) is -1.32. The van der Waals surface area contributed by atoms with Crippen LogP contribution in [0, 0.1) is 25.7 Å². The van der Waals surface area contributed by atoms with Crippen LogP contribution in [-0.4, -0.2) is 71.9 Å². The maximum atomic E-state index is 14.2. The first-order valence-corrected chi connectivity index (χ1v) is 13.8. The van der Waals surface area contributed by atoms with Crippen LogP contribution in [-0.2, 0) is 0 Å². The monoisotopic (exact) mass is 528 g/mol. The number of aryl methyl sites for hydroxylation is 1. The molecule has 0 bridgehead atoms. The summed E-state index contributed by atoms with van der Waals surface area (Å²) in [5.41, 5.74) is 4.12. The van der Waals surface area contributed by atoms with Crippen molar-refractivity contribution >= 4 is 11.6 Å². The Morgan fingerprint density at radius 1 is 0.821 bits per heavy atom. The van der Waals surface area contributed by atoms with E-state index in [1.165, 1.54) is 12.1 Å². The van der Waals surface area contributed by atoms with Crippen LogP contribution in [0.2, 0.25) is 0 Å². The van der Waals surface area contributed by atoms with Gasteiger partial charge in [-0.05, 0) is 94.8 Å². The minimum atomic E-state index is -0.471. The number of unbranched alkanes of at least 4 members (excludes halogenated alkanes) is 1. The highest BCUT2D eigenvalue weighted by atomic mass is 16.3. The van der Waals surface area contributed by atoms with Crippen molar-refractivity contribution in [2.75, 3.05) is 40.3 Å². The summed E-state index contributed by atoms with van der Waals surface area (Å²) in [6, 6.07) is 19.1. The van der Waals surface area contributed by atoms with E-state index in [4.69, 9.17) is 0 Å². The Balaban J connectivity index is 1.79. The van der Waals surface area contributed by atoms with E-state index in [0.717, 1.165) is 42.6 Å². The van der Waals surface area contributed by atoms with Crippen molar-refractivity contribution in [1.82, 2.24) is 9.80 Å². The van der Waals surface area contributed by atoms with Gasteiger partial charge >= 0.3 is 0 Å². The van der Waals surface area contributed by atoms with Gasteiger partial charge in [0, 0.05) is 42.0 Å². The fraction of sp³-hybridized carbons (Fsp3) is 0.394. The minimum Gasteiger partial charge on any atom is -0.508 e. The molecular formula is C33H40N2O4. The van der Waals surface area contributed by atoms with Gasteiger partial charge in [0.2, 0.25) is 0 Å². The van der Waals surface area contributed by atoms with Gasteiger partial charge in [-0.2, -0.15) is 0 Å². The third-order valence-electron chi connectivity index (χ3n) is 8.05. The summed E-state index contributed by atoms with van der Waals surface area (Å²) in [6.07, 6.45) is 1.99. The van der Waals surface area contributed by atoms with E-state index < -0.39 is 11.8 Å². The number of likely N-dealkylation sites (tertiary alicyclic amines) is 1. The smallest absolute Gasteiger partial charge is 0.167 e. The molecule has 39 heavy (non-hydrogen) atoms. The summed E-state index contributed by atoms with van der Waals surface area (Å²) in [6.45, 7) is 6.97. The molecule has 206 valence electrons. The maximum Gasteiger partial charge on any atom is 0.167 e. The Bertz CT molecular complexity index is 1250. The molecule has 6 heteroatoms. The second-order valence-corrected chi connectivity index (χ2v) is 11.1. The van der Waals surface area contributed by atoms with Crippen LogP contribution in [0.5, 0.6) is 11.5 Å². The summed E-state index contributed by atoms with van der Waals surface area (Å²) in [7, 11) is 4.12. The normalized spacial score (nSPS) is 19.8. The number of ketones is 2. The Hall–Kier alpha value is -3.48. The molecule has 0 spiro atoms. The number of nitrogens with zero attached hydrogens (tertiary/aromatic N) is 2.